The number of carbonyl (C=O) groups excluding carboxylic acids is 2. The highest BCUT2D eigenvalue weighted by Crippen LogP contribution is 2.18. The molecule has 0 aliphatic rings. The lowest BCUT2D eigenvalue weighted by Crippen LogP contribution is -2.40. The molecule has 0 radical (unpaired) electrons. The Bertz CT molecular complexity index is 758. The molecule has 2 rings (SSSR count). The van der Waals surface area contributed by atoms with Crippen molar-refractivity contribution < 1.29 is 14.3 Å². The van der Waals surface area contributed by atoms with Crippen LogP contribution >= 0.6 is 0 Å². The van der Waals surface area contributed by atoms with Crippen molar-refractivity contribution in [1.82, 2.24) is 10.2 Å². The molecular formula is C21H26N2O3. The summed E-state index contributed by atoms with van der Waals surface area (Å²) in [5.41, 5.74) is 3.21. The van der Waals surface area contributed by atoms with Gasteiger partial charge in [0.15, 0.2) is 0 Å². The van der Waals surface area contributed by atoms with Gasteiger partial charge >= 0.3 is 0 Å². The maximum atomic E-state index is 12.2. The molecule has 5 nitrogen and oxygen atoms in total. The zero-order chi connectivity index (χ0) is 18.9. The first-order valence-electron chi connectivity index (χ1n) is 8.69. The quantitative estimate of drug-likeness (QED) is 0.793. The Kier molecular flexibility index (Phi) is 7.21. The molecule has 1 N–H and O–H groups in total. The molecule has 0 aromatic heterocycles. The second kappa shape index (κ2) is 9.61. The monoisotopic (exact) mass is 354 g/mol. The second-order valence-corrected chi connectivity index (χ2v) is 6.27. The van der Waals surface area contributed by atoms with E-state index in [9.17, 15) is 9.59 Å². The van der Waals surface area contributed by atoms with E-state index >= 15 is 0 Å². The van der Waals surface area contributed by atoms with Crippen molar-refractivity contribution >= 4 is 11.8 Å². The lowest BCUT2D eigenvalue weighted by molar-refractivity contribution is -0.134. The van der Waals surface area contributed by atoms with Gasteiger partial charge in [0, 0.05) is 20.0 Å². The topological polar surface area (TPSA) is 58.6 Å². The molecule has 0 fully saturated rings. The van der Waals surface area contributed by atoms with Crippen LogP contribution in [0.3, 0.4) is 0 Å². The average Bonchev–Trinajstić information content (AvgIpc) is 2.63. The van der Waals surface area contributed by atoms with Crippen LogP contribution in [0, 0.1) is 6.92 Å². The number of hydrogen-bond acceptors (Lipinski definition) is 3. The molecule has 26 heavy (non-hydrogen) atoms. The summed E-state index contributed by atoms with van der Waals surface area (Å²) in [6, 6.07) is 15.7. The summed E-state index contributed by atoms with van der Waals surface area (Å²) in [6.45, 7) is 4.47. The first kappa shape index (κ1) is 19.5. The number of nitrogens with one attached hydrogen (secondary N) is 1. The summed E-state index contributed by atoms with van der Waals surface area (Å²) >= 11 is 0. The van der Waals surface area contributed by atoms with Crippen molar-refractivity contribution in [3.8, 4) is 5.75 Å². The Balaban J connectivity index is 1.88. The number of rotatable bonds is 8. The molecule has 2 aromatic rings. The lowest BCUT2D eigenvalue weighted by Gasteiger charge is -2.21. The number of ether oxygens (including phenoxy) is 1. The standard InChI is InChI=1S/C21H26N2O3/c1-16-7-6-8-18(13-16)14-22-21(25)15-23(17(2)24)12-11-19-9-4-5-10-20(19)26-3/h4-10,13H,11-12,14-15H2,1-3H3,(H,22,25). The van der Waals surface area contributed by atoms with Crippen molar-refractivity contribution in [2.45, 2.75) is 26.8 Å². The average molecular weight is 354 g/mol. The number of aryl methyl sites for hydroxylation is 1. The fourth-order valence-electron chi connectivity index (χ4n) is 2.76. The summed E-state index contributed by atoms with van der Waals surface area (Å²) in [4.78, 5) is 25.7. The maximum Gasteiger partial charge on any atom is 0.239 e. The molecule has 0 aliphatic heterocycles. The predicted octanol–water partition coefficient (Wildman–Crippen LogP) is 2.71. The number of nitrogens with zero attached hydrogens (tertiary/aromatic N) is 1. The lowest BCUT2D eigenvalue weighted by atomic mass is 10.1. The van der Waals surface area contributed by atoms with Gasteiger partial charge in [-0.25, -0.2) is 0 Å². The first-order chi connectivity index (χ1) is 12.5. The predicted molar refractivity (Wildman–Crippen MR) is 102 cm³/mol. The number of hydrogen-bond donors (Lipinski definition) is 1. The van der Waals surface area contributed by atoms with Crippen LogP contribution in [-0.4, -0.2) is 36.9 Å². The van der Waals surface area contributed by atoms with E-state index in [1.807, 2.05) is 55.5 Å². The van der Waals surface area contributed by atoms with Crippen LogP contribution in [0.5, 0.6) is 5.75 Å². The molecule has 0 unspecified atom stereocenters. The van der Waals surface area contributed by atoms with Gasteiger partial charge in [-0.15, -0.1) is 0 Å². The van der Waals surface area contributed by atoms with E-state index in [2.05, 4.69) is 5.32 Å². The van der Waals surface area contributed by atoms with E-state index in [-0.39, 0.29) is 18.4 Å². The third kappa shape index (κ3) is 5.92. The van der Waals surface area contributed by atoms with Gasteiger partial charge < -0.3 is 15.0 Å². The molecule has 0 aliphatic carbocycles. The maximum absolute atomic E-state index is 12.2. The zero-order valence-corrected chi connectivity index (χ0v) is 15.6. The van der Waals surface area contributed by atoms with Crippen molar-refractivity contribution in [2.24, 2.45) is 0 Å². The van der Waals surface area contributed by atoms with Crippen LogP contribution in [0.15, 0.2) is 48.5 Å². The number of amides is 2. The molecule has 5 heteroatoms. The molecule has 0 saturated carbocycles. The highest BCUT2D eigenvalue weighted by molar-refractivity contribution is 5.83. The molecule has 0 spiro atoms. The van der Waals surface area contributed by atoms with Crippen LogP contribution < -0.4 is 10.1 Å². The minimum atomic E-state index is -0.165. The van der Waals surface area contributed by atoms with Crippen molar-refractivity contribution in [3.05, 3.63) is 65.2 Å². The van der Waals surface area contributed by atoms with E-state index in [1.54, 1.807) is 12.0 Å². The third-order valence-electron chi connectivity index (χ3n) is 4.20. The van der Waals surface area contributed by atoms with Crippen molar-refractivity contribution in [3.63, 3.8) is 0 Å². The number of para-hydroxylation sites is 1. The van der Waals surface area contributed by atoms with E-state index in [0.717, 1.165) is 22.4 Å². The summed E-state index contributed by atoms with van der Waals surface area (Å²) in [5.74, 6) is 0.507. The Labute approximate surface area is 155 Å². The van der Waals surface area contributed by atoms with E-state index in [1.165, 1.54) is 6.92 Å². The molecular weight excluding hydrogens is 328 g/mol. The zero-order valence-electron chi connectivity index (χ0n) is 15.6. The Morgan fingerprint density at radius 2 is 1.88 bits per heavy atom. The summed E-state index contributed by atoms with van der Waals surface area (Å²) in [5, 5.41) is 2.87. The fourth-order valence-corrected chi connectivity index (χ4v) is 2.76. The number of carbonyl (C=O) groups is 2. The minimum Gasteiger partial charge on any atom is -0.496 e. The second-order valence-electron chi connectivity index (χ2n) is 6.27. The molecule has 0 heterocycles. The summed E-state index contributed by atoms with van der Waals surface area (Å²) in [6.07, 6.45) is 0.634. The largest absolute Gasteiger partial charge is 0.496 e. The SMILES string of the molecule is COc1ccccc1CCN(CC(=O)NCc1cccc(C)c1)C(C)=O. The number of methoxy groups -OCH3 is 1. The van der Waals surface area contributed by atoms with Gasteiger partial charge in [-0.1, -0.05) is 48.0 Å². The molecule has 0 bridgehead atoms. The van der Waals surface area contributed by atoms with Gasteiger partial charge in [0.1, 0.15) is 5.75 Å². The van der Waals surface area contributed by atoms with Crippen LogP contribution in [0.1, 0.15) is 23.6 Å². The Morgan fingerprint density at radius 3 is 2.58 bits per heavy atom. The van der Waals surface area contributed by atoms with E-state index < -0.39 is 0 Å². The van der Waals surface area contributed by atoms with Crippen LogP contribution in [0.2, 0.25) is 0 Å². The van der Waals surface area contributed by atoms with E-state index in [0.29, 0.717) is 19.5 Å². The number of benzene rings is 2. The normalized spacial score (nSPS) is 10.3. The highest BCUT2D eigenvalue weighted by atomic mass is 16.5. The Morgan fingerprint density at radius 1 is 1.12 bits per heavy atom. The molecule has 2 amide bonds. The molecule has 0 atom stereocenters. The third-order valence-corrected chi connectivity index (χ3v) is 4.20. The van der Waals surface area contributed by atoms with E-state index in [4.69, 9.17) is 4.74 Å². The highest BCUT2D eigenvalue weighted by Gasteiger charge is 2.14. The van der Waals surface area contributed by atoms with Crippen LogP contribution in [0.4, 0.5) is 0 Å². The van der Waals surface area contributed by atoms with Crippen molar-refractivity contribution in [1.29, 1.82) is 0 Å². The first-order valence-corrected chi connectivity index (χ1v) is 8.69. The van der Waals surface area contributed by atoms with Crippen molar-refractivity contribution in [2.75, 3.05) is 20.2 Å². The van der Waals surface area contributed by atoms with Gasteiger partial charge in [-0.05, 0) is 30.5 Å². The van der Waals surface area contributed by atoms with Gasteiger partial charge in [0.2, 0.25) is 11.8 Å². The van der Waals surface area contributed by atoms with Crippen LogP contribution in [0.25, 0.3) is 0 Å². The Hall–Kier alpha value is -2.82. The molecule has 0 saturated heterocycles. The summed E-state index contributed by atoms with van der Waals surface area (Å²) < 4.78 is 5.33. The molecule has 138 valence electrons. The van der Waals surface area contributed by atoms with Gasteiger partial charge in [-0.3, -0.25) is 9.59 Å². The van der Waals surface area contributed by atoms with Crippen LogP contribution in [-0.2, 0) is 22.6 Å². The fraction of sp³-hybridized carbons (Fsp3) is 0.333. The smallest absolute Gasteiger partial charge is 0.239 e. The van der Waals surface area contributed by atoms with Gasteiger partial charge in [0.25, 0.3) is 0 Å². The van der Waals surface area contributed by atoms with Gasteiger partial charge in [0.05, 0.1) is 13.7 Å². The summed E-state index contributed by atoms with van der Waals surface area (Å²) in [7, 11) is 1.63. The minimum absolute atomic E-state index is 0.0519. The molecule has 2 aromatic carbocycles. The van der Waals surface area contributed by atoms with Gasteiger partial charge in [-0.2, -0.15) is 0 Å².